The van der Waals surface area contributed by atoms with Crippen molar-refractivity contribution in [2.24, 2.45) is 0 Å². The van der Waals surface area contributed by atoms with Gasteiger partial charge in [0.25, 0.3) is 0 Å². The van der Waals surface area contributed by atoms with Crippen LogP contribution in [0.5, 0.6) is 0 Å². The van der Waals surface area contributed by atoms with E-state index in [1.54, 1.807) is 9.79 Å². The third-order valence-corrected chi connectivity index (χ3v) is 18.0. The summed E-state index contributed by atoms with van der Waals surface area (Å²) in [6.45, 7) is 11.4. The third kappa shape index (κ3) is 37.1. The van der Waals surface area contributed by atoms with Gasteiger partial charge in [0.2, 0.25) is 11.4 Å². The van der Waals surface area contributed by atoms with Crippen LogP contribution >= 0.6 is 0 Å². The molecule has 3 rings (SSSR count). The van der Waals surface area contributed by atoms with Gasteiger partial charge in [-0.05, 0) is 73.9 Å². The molecule has 2 aromatic rings. The van der Waals surface area contributed by atoms with Crippen LogP contribution in [0, 0.1) is 0 Å². The van der Waals surface area contributed by atoms with Crippen molar-refractivity contribution in [3.05, 3.63) is 88.0 Å². The Morgan fingerprint density at radius 1 is 0.324 bits per heavy atom. The molecule has 0 aliphatic carbocycles. The smallest absolute Gasteiger partial charge is 0.0654 e. The van der Waals surface area contributed by atoms with E-state index >= 15 is 0 Å². The van der Waals surface area contributed by atoms with Gasteiger partial charge in [0.1, 0.15) is 0 Å². The standard InChI is InChI=1S/C33H46N2.2C19H39.Pd/c1-4-7-10-11-12-14-21-31-26-32(29-22-15-19-27(24-29)17-9-6-3)35(34)33(31)30-23-16-20-28(25-30)18-13-8-5-2;2*1-3-5-7-9-11-13-15-17-19-18-16-14-12-10-8-6-4-2;/h15-16,19-20,22-26H,4-14,17-18,21H2,1-3H3;2*1,3-19H2,2H3;. The van der Waals surface area contributed by atoms with Gasteiger partial charge in [0.05, 0.1) is 0 Å². The fraction of sp³-hybridized carbons (Fsp3) is 0.775. The first-order valence-corrected chi connectivity index (χ1v) is 35.4. The minimum absolute atomic E-state index is 0.913. The van der Waals surface area contributed by atoms with E-state index in [1.807, 2.05) is 0 Å². The first-order chi connectivity index (χ1) is 36.6. The molecular formula is C71H124N2Pd. The molecule has 0 fully saturated rings. The molecular weight excluding hydrogens is 987 g/mol. The van der Waals surface area contributed by atoms with Crippen LogP contribution in [0.3, 0.4) is 0 Å². The van der Waals surface area contributed by atoms with Gasteiger partial charge < -0.3 is 5.53 Å². The van der Waals surface area contributed by atoms with Crippen LogP contribution in [-0.4, -0.2) is 4.70 Å². The molecule has 0 amide bonds. The molecule has 0 unspecified atom stereocenters. The van der Waals surface area contributed by atoms with Crippen molar-refractivity contribution in [2.75, 3.05) is 0 Å². The summed E-state index contributed by atoms with van der Waals surface area (Å²) in [6.07, 6.45) is 69.8. The molecule has 2 aromatic carbocycles. The summed E-state index contributed by atoms with van der Waals surface area (Å²) in [5.41, 5.74) is 19.6. The Balaban J connectivity index is 0.000000509. The van der Waals surface area contributed by atoms with Gasteiger partial charge in [-0.2, -0.15) is 0 Å². The first kappa shape index (κ1) is 68.3. The van der Waals surface area contributed by atoms with Gasteiger partial charge in [0, 0.05) is 22.8 Å². The molecule has 1 aliphatic heterocycles. The van der Waals surface area contributed by atoms with Crippen molar-refractivity contribution >= 4 is 11.4 Å². The number of nitrogens with zero attached hydrogens (tertiary/aromatic N) is 2. The van der Waals surface area contributed by atoms with E-state index in [0.717, 1.165) is 59.8 Å². The Hall–Kier alpha value is -1.82. The van der Waals surface area contributed by atoms with E-state index in [2.05, 4.69) is 89.2 Å². The normalized spacial score (nSPS) is 12.6. The second-order valence-electron chi connectivity index (χ2n) is 23.0. The maximum atomic E-state index is 11.5. The molecule has 0 atom stereocenters. The number of rotatable bonds is 52. The van der Waals surface area contributed by atoms with Gasteiger partial charge in [0.15, 0.2) is 0 Å². The van der Waals surface area contributed by atoms with Crippen molar-refractivity contribution < 1.29 is 22.7 Å². The van der Waals surface area contributed by atoms with E-state index in [9.17, 15) is 5.53 Å². The molecule has 2 nitrogen and oxygen atoms in total. The minimum atomic E-state index is 0.913. The van der Waals surface area contributed by atoms with Crippen LogP contribution in [-0.2, 0) is 30.8 Å². The zero-order chi connectivity index (χ0) is 53.0. The molecule has 0 saturated heterocycles. The minimum Gasteiger partial charge on any atom is -0.0654 e. The average molecular weight is 1110 g/mol. The van der Waals surface area contributed by atoms with Crippen molar-refractivity contribution in [2.45, 2.75) is 353 Å². The fourth-order valence-electron chi connectivity index (χ4n) is 10.9. The maximum absolute atomic E-state index is 11.5. The number of benzene rings is 2. The summed E-state index contributed by atoms with van der Waals surface area (Å²) in [5.74, 6) is 0. The van der Waals surface area contributed by atoms with Crippen molar-refractivity contribution in [3.8, 4) is 0 Å². The van der Waals surface area contributed by atoms with E-state index in [4.69, 9.17) is 0 Å². The summed E-state index contributed by atoms with van der Waals surface area (Å²) in [7, 11) is 0. The Bertz CT molecular complexity index is 1580. The second kappa shape index (κ2) is 51.9. The molecule has 428 valence electrons. The van der Waals surface area contributed by atoms with E-state index in [-0.39, 0.29) is 0 Å². The van der Waals surface area contributed by atoms with Crippen LogP contribution in [0.25, 0.3) is 16.9 Å². The molecule has 1 aliphatic rings. The Kier molecular flexibility index (Phi) is 47.9. The van der Waals surface area contributed by atoms with Crippen LogP contribution < -0.4 is 0 Å². The Morgan fingerprint density at radius 3 is 1.01 bits per heavy atom. The van der Waals surface area contributed by atoms with Gasteiger partial charge in [-0.1, -0.05) is 187 Å². The molecule has 0 saturated carbocycles. The quantitative estimate of drug-likeness (QED) is 0.0358. The van der Waals surface area contributed by atoms with E-state index in [1.165, 1.54) is 310 Å². The zero-order valence-electron chi connectivity index (χ0n) is 50.3. The summed E-state index contributed by atoms with van der Waals surface area (Å²) >= 11 is 1.06. The van der Waals surface area contributed by atoms with E-state index < -0.39 is 0 Å². The van der Waals surface area contributed by atoms with Gasteiger partial charge in [-0.3, -0.25) is 0 Å². The summed E-state index contributed by atoms with van der Waals surface area (Å²) < 4.78 is 1.47. The van der Waals surface area contributed by atoms with Crippen molar-refractivity contribution in [1.29, 1.82) is 0 Å². The monoisotopic (exact) mass is 1110 g/mol. The molecule has 0 spiro atoms. The second-order valence-corrected chi connectivity index (χ2v) is 25.3. The molecule has 0 radical (unpaired) electrons. The van der Waals surface area contributed by atoms with Crippen LogP contribution in [0.2, 0.25) is 9.79 Å². The molecule has 0 aromatic heterocycles. The first-order valence-electron chi connectivity index (χ1n) is 33.2. The fourth-order valence-corrected chi connectivity index (χ4v) is 12.9. The number of hydrogen-bond acceptors (Lipinski definition) is 0. The topological polar surface area (TPSA) is 25.3 Å². The summed E-state index contributed by atoms with van der Waals surface area (Å²) in [4.78, 5) is 3.09. The molecule has 0 N–H and O–H groups in total. The molecule has 3 heteroatoms. The zero-order valence-corrected chi connectivity index (χ0v) is 51.8. The SMILES string of the molecule is CCCCCCCCC1=C(c2cccc(CCCCC)c2)[N+](=[N-])C(c2cccc(CCCC)c2)=C1.CCCCCCCCCCCCCCCCCC[CH2][Pd][CH2]CCCCCCCCCCCCCCCCCC. The summed E-state index contributed by atoms with van der Waals surface area (Å²) in [6, 6.07) is 17.6. The third-order valence-electron chi connectivity index (χ3n) is 15.8. The Labute approximate surface area is 471 Å². The van der Waals surface area contributed by atoms with Crippen molar-refractivity contribution in [1.82, 2.24) is 0 Å². The van der Waals surface area contributed by atoms with Crippen molar-refractivity contribution in [3.63, 3.8) is 0 Å². The summed E-state index contributed by atoms with van der Waals surface area (Å²) in [5, 5.41) is 0. The predicted molar refractivity (Wildman–Crippen MR) is 329 cm³/mol. The molecule has 1 heterocycles. The Morgan fingerprint density at radius 2 is 0.622 bits per heavy atom. The number of aryl methyl sites for hydroxylation is 2. The molecule has 74 heavy (non-hydrogen) atoms. The van der Waals surface area contributed by atoms with Crippen LogP contribution in [0.15, 0.2) is 60.2 Å². The number of unbranched alkanes of at least 4 members (excludes halogenated alkanes) is 40. The van der Waals surface area contributed by atoms with Gasteiger partial charge in [-0.15, -0.1) is 0 Å². The predicted octanol–water partition coefficient (Wildman–Crippen LogP) is 25.5. The van der Waals surface area contributed by atoms with Crippen LogP contribution in [0.1, 0.15) is 352 Å². The molecule has 0 bridgehead atoms. The number of hydrogen-bond donors (Lipinski definition) is 0. The average Bonchev–Trinajstić information content (AvgIpc) is 3.75. The van der Waals surface area contributed by atoms with Gasteiger partial charge >= 0.3 is 169 Å². The van der Waals surface area contributed by atoms with E-state index in [0.29, 0.717) is 0 Å². The van der Waals surface area contributed by atoms with Crippen LogP contribution in [0.4, 0.5) is 0 Å². The van der Waals surface area contributed by atoms with Gasteiger partial charge in [-0.25, -0.2) is 4.70 Å². The number of allylic oxidation sites excluding steroid dienone is 2.